The predicted molar refractivity (Wildman–Crippen MR) is 93.6 cm³/mol. The molecule has 1 aliphatic heterocycles. The van der Waals surface area contributed by atoms with Crippen molar-refractivity contribution in [2.45, 2.75) is 25.3 Å². The van der Waals surface area contributed by atoms with Crippen molar-refractivity contribution in [1.29, 1.82) is 0 Å². The van der Waals surface area contributed by atoms with E-state index in [1.807, 2.05) is 6.92 Å². The lowest BCUT2D eigenvalue weighted by Gasteiger charge is -2.33. The van der Waals surface area contributed by atoms with Gasteiger partial charge in [-0.05, 0) is 43.4 Å². The van der Waals surface area contributed by atoms with Crippen molar-refractivity contribution in [1.82, 2.24) is 5.32 Å². The second kappa shape index (κ2) is 7.98. The molecule has 1 heterocycles. The van der Waals surface area contributed by atoms with Crippen LogP contribution in [0, 0.1) is 0 Å². The third-order valence-electron chi connectivity index (χ3n) is 3.89. The normalized spacial score (nSPS) is 16.3. The van der Waals surface area contributed by atoms with Crippen molar-refractivity contribution in [3.05, 3.63) is 22.7 Å². The number of thioether (sulfide) groups is 1. The summed E-state index contributed by atoms with van der Waals surface area (Å²) < 4.78 is 10.6. The number of ether oxygens (including phenoxy) is 2. The van der Waals surface area contributed by atoms with E-state index < -0.39 is 17.4 Å². The molecule has 2 N–H and O–H groups in total. The molecule has 0 atom stereocenters. The zero-order valence-electron chi connectivity index (χ0n) is 13.6. The van der Waals surface area contributed by atoms with Crippen LogP contribution in [0.4, 0.5) is 0 Å². The Balaban J connectivity index is 2.29. The minimum Gasteiger partial charge on any atom is -0.493 e. The Bertz CT molecular complexity index is 631. The number of rotatable bonds is 6. The molecule has 0 bridgehead atoms. The highest BCUT2D eigenvalue weighted by Gasteiger charge is 2.41. The Morgan fingerprint density at radius 3 is 2.58 bits per heavy atom. The molecule has 8 heteroatoms. The third-order valence-corrected chi connectivity index (χ3v) is 5.16. The van der Waals surface area contributed by atoms with E-state index in [1.165, 1.54) is 19.2 Å². The van der Waals surface area contributed by atoms with E-state index in [0.29, 0.717) is 42.5 Å². The number of methoxy groups -OCH3 is 1. The standard InChI is InChI=1S/C16H20ClNO5S/c1-3-23-13-11(17)8-10(9-12(13)22-2)14(19)18-16(15(20)21)4-6-24-7-5-16/h8-9H,3-7H2,1-2H3,(H,18,19)(H,20,21). The van der Waals surface area contributed by atoms with Crippen molar-refractivity contribution in [2.75, 3.05) is 25.2 Å². The zero-order valence-corrected chi connectivity index (χ0v) is 15.1. The van der Waals surface area contributed by atoms with Gasteiger partial charge >= 0.3 is 5.97 Å². The first-order valence-electron chi connectivity index (χ1n) is 7.57. The summed E-state index contributed by atoms with van der Waals surface area (Å²) in [7, 11) is 1.45. The first kappa shape index (κ1) is 18.7. The average Bonchev–Trinajstić information content (AvgIpc) is 2.57. The maximum Gasteiger partial charge on any atom is 0.329 e. The summed E-state index contributed by atoms with van der Waals surface area (Å²) >= 11 is 7.85. The quantitative estimate of drug-likeness (QED) is 0.797. The second-order valence-electron chi connectivity index (χ2n) is 5.38. The molecule has 0 radical (unpaired) electrons. The van der Waals surface area contributed by atoms with Gasteiger partial charge in [-0.2, -0.15) is 11.8 Å². The molecule has 1 amide bonds. The Hall–Kier alpha value is -1.60. The largest absolute Gasteiger partial charge is 0.493 e. The molecule has 0 aromatic heterocycles. The van der Waals surface area contributed by atoms with Gasteiger partial charge in [-0.1, -0.05) is 11.6 Å². The molecule has 2 rings (SSSR count). The molecule has 0 saturated carbocycles. The van der Waals surface area contributed by atoms with Gasteiger partial charge in [0, 0.05) is 5.56 Å². The van der Waals surface area contributed by atoms with Crippen LogP contribution in [-0.2, 0) is 4.79 Å². The number of hydrogen-bond acceptors (Lipinski definition) is 5. The SMILES string of the molecule is CCOc1c(Cl)cc(C(=O)NC2(C(=O)O)CCSCC2)cc1OC. The summed E-state index contributed by atoms with van der Waals surface area (Å²) in [6, 6.07) is 2.96. The van der Waals surface area contributed by atoms with E-state index in [-0.39, 0.29) is 10.6 Å². The van der Waals surface area contributed by atoms with Crippen LogP contribution in [0.1, 0.15) is 30.1 Å². The van der Waals surface area contributed by atoms with Crippen molar-refractivity contribution in [3.63, 3.8) is 0 Å². The van der Waals surface area contributed by atoms with E-state index >= 15 is 0 Å². The number of hydrogen-bond donors (Lipinski definition) is 2. The van der Waals surface area contributed by atoms with Crippen LogP contribution in [0.3, 0.4) is 0 Å². The molecule has 1 fully saturated rings. The van der Waals surface area contributed by atoms with Crippen LogP contribution in [0.25, 0.3) is 0 Å². The monoisotopic (exact) mass is 373 g/mol. The Morgan fingerprint density at radius 1 is 1.38 bits per heavy atom. The van der Waals surface area contributed by atoms with Gasteiger partial charge in [0.15, 0.2) is 11.5 Å². The van der Waals surface area contributed by atoms with Gasteiger partial charge in [-0.15, -0.1) is 0 Å². The van der Waals surface area contributed by atoms with Crippen LogP contribution < -0.4 is 14.8 Å². The van der Waals surface area contributed by atoms with Gasteiger partial charge in [0.1, 0.15) is 5.54 Å². The predicted octanol–water partition coefficient (Wildman–Crippen LogP) is 2.83. The van der Waals surface area contributed by atoms with Crippen molar-refractivity contribution < 1.29 is 24.2 Å². The fourth-order valence-corrected chi connectivity index (χ4v) is 3.99. The molecule has 1 aliphatic rings. The van der Waals surface area contributed by atoms with Crippen LogP contribution in [0.5, 0.6) is 11.5 Å². The van der Waals surface area contributed by atoms with Crippen LogP contribution in [-0.4, -0.2) is 47.7 Å². The summed E-state index contributed by atoms with van der Waals surface area (Å²) in [6.45, 7) is 2.22. The van der Waals surface area contributed by atoms with Gasteiger partial charge in [0.25, 0.3) is 5.91 Å². The van der Waals surface area contributed by atoms with Crippen LogP contribution in [0.15, 0.2) is 12.1 Å². The minimum atomic E-state index is -1.24. The van der Waals surface area contributed by atoms with Crippen molar-refractivity contribution in [2.24, 2.45) is 0 Å². The number of carbonyl (C=O) groups excluding carboxylic acids is 1. The van der Waals surface area contributed by atoms with Crippen LogP contribution in [0.2, 0.25) is 5.02 Å². The molecule has 24 heavy (non-hydrogen) atoms. The smallest absolute Gasteiger partial charge is 0.329 e. The first-order chi connectivity index (χ1) is 11.4. The van der Waals surface area contributed by atoms with E-state index in [2.05, 4.69) is 5.32 Å². The van der Waals surface area contributed by atoms with E-state index in [1.54, 1.807) is 11.8 Å². The molecular weight excluding hydrogens is 354 g/mol. The molecule has 0 aliphatic carbocycles. The Labute approximate surface area is 149 Å². The number of amides is 1. The molecule has 0 unspecified atom stereocenters. The highest BCUT2D eigenvalue weighted by Crippen LogP contribution is 2.37. The molecule has 1 aromatic rings. The number of carboxylic acid groups (broad SMARTS) is 1. The Morgan fingerprint density at radius 2 is 2.04 bits per heavy atom. The minimum absolute atomic E-state index is 0.235. The molecule has 132 valence electrons. The fraction of sp³-hybridized carbons (Fsp3) is 0.500. The maximum absolute atomic E-state index is 12.6. The average molecular weight is 374 g/mol. The number of benzene rings is 1. The van der Waals surface area contributed by atoms with Crippen molar-refractivity contribution in [3.8, 4) is 11.5 Å². The molecule has 1 aromatic carbocycles. The number of carbonyl (C=O) groups is 2. The Kier molecular flexibility index (Phi) is 6.23. The lowest BCUT2D eigenvalue weighted by atomic mass is 9.92. The highest BCUT2D eigenvalue weighted by atomic mass is 35.5. The molecular formula is C16H20ClNO5S. The number of carboxylic acids is 1. The zero-order chi connectivity index (χ0) is 17.7. The van der Waals surface area contributed by atoms with Gasteiger partial charge in [0.05, 0.1) is 18.7 Å². The van der Waals surface area contributed by atoms with Crippen molar-refractivity contribution >= 4 is 35.2 Å². The molecule has 6 nitrogen and oxygen atoms in total. The summed E-state index contributed by atoms with van der Waals surface area (Å²) in [5, 5.41) is 12.5. The lowest BCUT2D eigenvalue weighted by Crippen LogP contribution is -2.56. The van der Waals surface area contributed by atoms with Gasteiger partial charge in [-0.25, -0.2) is 4.79 Å². The number of aliphatic carboxylic acids is 1. The highest BCUT2D eigenvalue weighted by molar-refractivity contribution is 7.99. The second-order valence-corrected chi connectivity index (χ2v) is 7.01. The van der Waals surface area contributed by atoms with E-state index in [9.17, 15) is 14.7 Å². The molecule has 0 spiro atoms. The third kappa shape index (κ3) is 3.89. The summed E-state index contributed by atoms with van der Waals surface area (Å²) in [4.78, 5) is 24.3. The number of nitrogens with one attached hydrogen (secondary N) is 1. The number of halogens is 1. The van der Waals surface area contributed by atoms with E-state index in [4.69, 9.17) is 21.1 Å². The summed E-state index contributed by atoms with van der Waals surface area (Å²) in [5.74, 6) is 0.575. The maximum atomic E-state index is 12.6. The summed E-state index contributed by atoms with van der Waals surface area (Å²) in [6.07, 6.45) is 0.779. The lowest BCUT2D eigenvalue weighted by molar-refractivity contribution is -0.144. The van der Waals surface area contributed by atoms with Gasteiger partial charge in [0.2, 0.25) is 0 Å². The van der Waals surface area contributed by atoms with Crippen LogP contribution >= 0.6 is 23.4 Å². The van der Waals surface area contributed by atoms with Gasteiger partial charge < -0.3 is 19.9 Å². The first-order valence-corrected chi connectivity index (χ1v) is 9.10. The summed E-state index contributed by atoms with van der Waals surface area (Å²) in [5.41, 5.74) is -1.00. The fourth-order valence-electron chi connectivity index (χ4n) is 2.54. The molecule has 1 saturated heterocycles. The van der Waals surface area contributed by atoms with Gasteiger partial charge in [-0.3, -0.25) is 4.79 Å². The van der Waals surface area contributed by atoms with E-state index in [0.717, 1.165) is 0 Å². The topological polar surface area (TPSA) is 84.9 Å².